The number of benzene rings is 3. The summed E-state index contributed by atoms with van der Waals surface area (Å²) in [7, 11) is 0. The van der Waals surface area contributed by atoms with Gasteiger partial charge in [0.2, 0.25) is 0 Å². The highest BCUT2D eigenvalue weighted by Gasteiger charge is 2.43. The molecule has 3 aromatic carbocycles. The van der Waals surface area contributed by atoms with Gasteiger partial charge in [-0.05, 0) is 40.5 Å². The van der Waals surface area contributed by atoms with Gasteiger partial charge in [-0.15, -0.1) is 0 Å². The topological polar surface area (TPSA) is 66.8 Å². The number of Topliss-reactive ketones (excluding diaryl/α,β-unsaturated/α-hetero) is 1. The van der Waals surface area contributed by atoms with Crippen molar-refractivity contribution in [2.24, 2.45) is 5.41 Å². The van der Waals surface area contributed by atoms with Crippen molar-refractivity contribution in [3.8, 4) is 17.2 Å². The number of hydrogen-bond donors (Lipinski definition) is 2. The van der Waals surface area contributed by atoms with E-state index in [4.69, 9.17) is 4.74 Å². The molecule has 0 radical (unpaired) electrons. The minimum atomic E-state index is -0.441. The number of phenolic OH excluding ortho intramolecular Hbond substituents is 2. The normalized spacial score (nSPS) is 20.2. The molecule has 3 aromatic rings. The number of carbonyl (C=O) groups excluding carboxylic acids is 1. The smallest absolute Gasteiger partial charge is 0.163 e. The Kier molecular flexibility index (Phi) is 3.75. The third-order valence-corrected chi connectivity index (χ3v) is 5.94. The Bertz CT molecular complexity index is 1200. The summed E-state index contributed by atoms with van der Waals surface area (Å²) < 4.78 is 6.28. The van der Waals surface area contributed by atoms with Gasteiger partial charge >= 0.3 is 0 Å². The van der Waals surface area contributed by atoms with Gasteiger partial charge in [-0.3, -0.25) is 4.79 Å². The van der Waals surface area contributed by atoms with Crippen LogP contribution < -0.4 is 4.74 Å². The summed E-state index contributed by atoms with van der Waals surface area (Å²) in [5.41, 5.74) is 1.93. The predicted octanol–water partition coefficient (Wildman–Crippen LogP) is 5.42. The van der Waals surface area contributed by atoms with E-state index in [2.05, 4.69) is 13.8 Å². The van der Waals surface area contributed by atoms with Crippen molar-refractivity contribution < 1.29 is 19.7 Å². The molecule has 0 fully saturated rings. The lowest BCUT2D eigenvalue weighted by molar-refractivity contribution is -0.118. The van der Waals surface area contributed by atoms with Crippen LogP contribution in [0, 0.1) is 5.41 Å². The molecule has 0 amide bonds. The number of allylic oxidation sites excluding steroid dienone is 2. The highest BCUT2D eigenvalue weighted by molar-refractivity contribution is 6.02. The van der Waals surface area contributed by atoms with Crippen LogP contribution in [0.15, 0.2) is 65.9 Å². The molecule has 4 heteroatoms. The Morgan fingerprint density at radius 1 is 1.00 bits per heavy atom. The highest BCUT2D eigenvalue weighted by Crippen LogP contribution is 2.53. The van der Waals surface area contributed by atoms with Crippen LogP contribution >= 0.6 is 0 Å². The molecule has 0 saturated carbocycles. The van der Waals surface area contributed by atoms with Gasteiger partial charge in [0.05, 0.1) is 0 Å². The molecule has 0 aromatic heterocycles. The van der Waals surface area contributed by atoms with Crippen molar-refractivity contribution in [1.82, 2.24) is 0 Å². The van der Waals surface area contributed by atoms with Crippen LogP contribution in [0.2, 0.25) is 0 Å². The second-order valence-electron chi connectivity index (χ2n) is 8.75. The first-order valence-electron chi connectivity index (χ1n) is 9.82. The lowest BCUT2D eigenvalue weighted by Crippen LogP contribution is -2.33. The molecule has 1 aliphatic carbocycles. The van der Waals surface area contributed by atoms with Gasteiger partial charge in [-0.2, -0.15) is 0 Å². The average Bonchev–Trinajstić information content (AvgIpc) is 2.65. The minimum absolute atomic E-state index is 0.0484. The van der Waals surface area contributed by atoms with Gasteiger partial charge in [0.1, 0.15) is 23.0 Å². The van der Waals surface area contributed by atoms with Crippen LogP contribution in [0.3, 0.4) is 0 Å². The van der Waals surface area contributed by atoms with Gasteiger partial charge in [-0.1, -0.05) is 44.2 Å². The zero-order valence-electron chi connectivity index (χ0n) is 16.4. The van der Waals surface area contributed by atoms with Gasteiger partial charge in [-0.25, -0.2) is 0 Å². The maximum absolute atomic E-state index is 13.3. The van der Waals surface area contributed by atoms with Crippen LogP contribution in [-0.4, -0.2) is 16.0 Å². The lowest BCUT2D eigenvalue weighted by Gasteiger charge is -2.38. The van der Waals surface area contributed by atoms with E-state index in [9.17, 15) is 15.0 Å². The zero-order valence-corrected chi connectivity index (χ0v) is 16.4. The number of rotatable bonds is 1. The molecule has 1 aliphatic heterocycles. The van der Waals surface area contributed by atoms with Crippen molar-refractivity contribution in [3.05, 3.63) is 77.1 Å². The first-order valence-corrected chi connectivity index (χ1v) is 9.82. The minimum Gasteiger partial charge on any atom is -0.508 e. The number of hydrogen-bond acceptors (Lipinski definition) is 4. The standard InChI is InChI=1S/C25H22O4/c1-25(2)12-19(28)24-21(13-25)29-20-10-8-14-7-9-15(26)11-17(14)22(20)23(24)16-5-3-4-6-18(16)27/h3-11,23,26-27H,12-13H2,1-2H3. The molecule has 1 heterocycles. The van der Waals surface area contributed by atoms with E-state index in [1.165, 1.54) is 0 Å². The van der Waals surface area contributed by atoms with E-state index in [0.717, 1.165) is 16.3 Å². The molecule has 0 spiro atoms. The summed E-state index contributed by atoms with van der Waals surface area (Å²) in [4.78, 5) is 13.3. The largest absolute Gasteiger partial charge is 0.508 e. The number of carbonyl (C=O) groups is 1. The van der Waals surface area contributed by atoms with Crippen molar-refractivity contribution in [2.75, 3.05) is 0 Å². The first-order chi connectivity index (χ1) is 13.8. The highest BCUT2D eigenvalue weighted by atomic mass is 16.5. The second kappa shape index (κ2) is 6.11. The molecule has 29 heavy (non-hydrogen) atoms. The third kappa shape index (κ3) is 2.79. The summed E-state index contributed by atoms with van der Waals surface area (Å²) in [6.45, 7) is 4.14. The number of para-hydroxylation sites is 1. The van der Waals surface area contributed by atoms with Crippen molar-refractivity contribution >= 4 is 16.6 Å². The SMILES string of the molecule is CC1(C)CC(=O)C2=C(C1)Oc1ccc3ccc(O)cc3c1C2c1ccccc1O. The molecule has 4 nitrogen and oxygen atoms in total. The fourth-order valence-corrected chi connectivity index (χ4v) is 4.71. The molecule has 1 unspecified atom stereocenters. The predicted molar refractivity (Wildman–Crippen MR) is 111 cm³/mol. The molecule has 146 valence electrons. The van der Waals surface area contributed by atoms with Crippen LogP contribution in [-0.2, 0) is 4.79 Å². The maximum atomic E-state index is 13.3. The van der Waals surface area contributed by atoms with E-state index < -0.39 is 5.92 Å². The average molecular weight is 386 g/mol. The van der Waals surface area contributed by atoms with Crippen molar-refractivity contribution in [2.45, 2.75) is 32.6 Å². The number of ketones is 1. The number of fused-ring (bicyclic) bond motifs is 3. The summed E-state index contributed by atoms with van der Waals surface area (Å²) in [5, 5.41) is 22.6. The van der Waals surface area contributed by atoms with Gasteiger partial charge in [0.25, 0.3) is 0 Å². The van der Waals surface area contributed by atoms with Crippen LogP contribution in [0.25, 0.3) is 10.8 Å². The summed E-state index contributed by atoms with van der Waals surface area (Å²) in [6, 6.07) is 16.2. The molecule has 0 bridgehead atoms. The monoisotopic (exact) mass is 386 g/mol. The van der Waals surface area contributed by atoms with E-state index in [0.29, 0.717) is 35.5 Å². The third-order valence-electron chi connectivity index (χ3n) is 5.94. The first kappa shape index (κ1) is 17.8. The lowest BCUT2D eigenvalue weighted by atomic mass is 9.69. The number of ether oxygens (including phenoxy) is 1. The zero-order chi connectivity index (χ0) is 20.3. The van der Waals surface area contributed by atoms with Gasteiger partial charge in [0, 0.05) is 35.5 Å². The molecule has 1 atom stereocenters. The van der Waals surface area contributed by atoms with Crippen molar-refractivity contribution in [3.63, 3.8) is 0 Å². The van der Waals surface area contributed by atoms with Crippen LogP contribution in [0.1, 0.15) is 43.7 Å². The maximum Gasteiger partial charge on any atom is 0.163 e. The van der Waals surface area contributed by atoms with E-state index in [1.54, 1.807) is 24.3 Å². The molecular weight excluding hydrogens is 364 g/mol. The van der Waals surface area contributed by atoms with E-state index in [-0.39, 0.29) is 22.7 Å². The Hall–Kier alpha value is -3.27. The Morgan fingerprint density at radius 2 is 1.76 bits per heavy atom. The fraction of sp³-hybridized carbons (Fsp3) is 0.240. The molecule has 2 aliphatic rings. The van der Waals surface area contributed by atoms with Crippen molar-refractivity contribution in [1.29, 1.82) is 0 Å². The van der Waals surface area contributed by atoms with Gasteiger partial charge in [0.15, 0.2) is 5.78 Å². The molecule has 5 rings (SSSR count). The Morgan fingerprint density at radius 3 is 2.55 bits per heavy atom. The molecule has 2 N–H and O–H groups in total. The number of aromatic hydroxyl groups is 2. The quantitative estimate of drug-likeness (QED) is 0.586. The van der Waals surface area contributed by atoms with Crippen LogP contribution in [0.5, 0.6) is 17.2 Å². The molecular formula is C25H22O4. The van der Waals surface area contributed by atoms with Gasteiger partial charge < -0.3 is 14.9 Å². The van der Waals surface area contributed by atoms with E-state index >= 15 is 0 Å². The molecule has 0 saturated heterocycles. The summed E-state index contributed by atoms with van der Waals surface area (Å²) >= 11 is 0. The summed E-state index contributed by atoms with van der Waals surface area (Å²) in [6.07, 6.45) is 1.10. The van der Waals surface area contributed by atoms with Crippen LogP contribution in [0.4, 0.5) is 0 Å². The Balaban J connectivity index is 1.85. The Labute approximate surface area is 169 Å². The number of phenols is 2. The fourth-order valence-electron chi connectivity index (χ4n) is 4.71. The van der Waals surface area contributed by atoms with E-state index in [1.807, 2.05) is 30.3 Å². The summed E-state index contributed by atoms with van der Waals surface area (Å²) in [5.74, 6) is 1.26. The second-order valence-corrected chi connectivity index (χ2v) is 8.75.